The van der Waals surface area contributed by atoms with Crippen LogP contribution in [0.3, 0.4) is 0 Å². The van der Waals surface area contributed by atoms with E-state index in [0.717, 1.165) is 27.5 Å². The standard InChI is InChI=1S/C23H17N3O2S2/c1-15(21-25-26-22(28-21)18-13-8-14-29-18)30-23-24-19(16-9-4-2-5-10-16)20(27-23)17-11-6-3-7-12-17/h2-15H,1H3. The van der Waals surface area contributed by atoms with Crippen molar-refractivity contribution >= 4 is 23.1 Å². The number of hydrogen-bond donors (Lipinski definition) is 0. The summed E-state index contributed by atoms with van der Waals surface area (Å²) in [6.07, 6.45) is 0. The highest BCUT2D eigenvalue weighted by atomic mass is 32.2. The molecule has 0 fully saturated rings. The molecule has 0 radical (unpaired) electrons. The summed E-state index contributed by atoms with van der Waals surface area (Å²) in [6, 6.07) is 24.0. The largest absolute Gasteiger partial charge is 0.431 e. The van der Waals surface area contributed by atoms with Gasteiger partial charge in [-0.3, -0.25) is 0 Å². The number of nitrogens with zero attached hydrogens (tertiary/aromatic N) is 3. The quantitative estimate of drug-likeness (QED) is 0.270. The average molecular weight is 432 g/mol. The summed E-state index contributed by atoms with van der Waals surface area (Å²) >= 11 is 3.03. The molecule has 5 rings (SSSR count). The van der Waals surface area contributed by atoms with Crippen LogP contribution in [0.25, 0.3) is 33.3 Å². The predicted molar refractivity (Wildman–Crippen MR) is 119 cm³/mol. The number of oxazole rings is 1. The van der Waals surface area contributed by atoms with Gasteiger partial charge in [-0.2, -0.15) is 0 Å². The molecule has 2 aromatic carbocycles. The Morgan fingerprint density at radius 1 is 0.833 bits per heavy atom. The molecule has 0 spiro atoms. The van der Waals surface area contributed by atoms with E-state index < -0.39 is 0 Å². The maximum absolute atomic E-state index is 6.19. The molecule has 5 nitrogen and oxygen atoms in total. The van der Waals surface area contributed by atoms with Gasteiger partial charge in [-0.1, -0.05) is 78.5 Å². The summed E-state index contributed by atoms with van der Waals surface area (Å²) < 4.78 is 12.1. The molecule has 0 aliphatic heterocycles. The molecule has 5 aromatic rings. The van der Waals surface area contributed by atoms with Crippen molar-refractivity contribution in [2.24, 2.45) is 0 Å². The zero-order valence-corrected chi connectivity index (χ0v) is 17.7. The number of thiophene rings is 1. The van der Waals surface area contributed by atoms with E-state index in [0.29, 0.717) is 17.0 Å². The van der Waals surface area contributed by atoms with Crippen LogP contribution in [-0.2, 0) is 0 Å². The van der Waals surface area contributed by atoms with E-state index in [1.807, 2.05) is 85.1 Å². The molecule has 0 amide bonds. The molecular weight excluding hydrogens is 414 g/mol. The van der Waals surface area contributed by atoms with Gasteiger partial charge in [-0.15, -0.1) is 21.5 Å². The lowest BCUT2D eigenvalue weighted by Gasteiger charge is -2.02. The van der Waals surface area contributed by atoms with E-state index >= 15 is 0 Å². The fraction of sp³-hybridized carbons (Fsp3) is 0.0870. The van der Waals surface area contributed by atoms with E-state index in [2.05, 4.69) is 10.2 Å². The molecule has 30 heavy (non-hydrogen) atoms. The van der Waals surface area contributed by atoms with E-state index in [-0.39, 0.29) is 5.25 Å². The SMILES string of the molecule is CC(Sc1nc(-c2ccccc2)c(-c2ccccc2)o1)c1nnc(-c2cccs2)o1. The molecule has 0 bridgehead atoms. The third-order valence-electron chi connectivity index (χ3n) is 4.49. The molecule has 3 aromatic heterocycles. The van der Waals surface area contributed by atoms with Crippen molar-refractivity contribution < 1.29 is 8.83 Å². The lowest BCUT2D eigenvalue weighted by Crippen LogP contribution is -1.88. The van der Waals surface area contributed by atoms with Gasteiger partial charge in [-0.05, 0) is 18.4 Å². The Hall–Kier alpha value is -3.16. The zero-order valence-electron chi connectivity index (χ0n) is 16.1. The first-order valence-electron chi connectivity index (χ1n) is 9.43. The Balaban J connectivity index is 1.45. The number of thioether (sulfide) groups is 1. The second kappa shape index (κ2) is 8.30. The smallest absolute Gasteiger partial charge is 0.257 e. The van der Waals surface area contributed by atoms with Gasteiger partial charge in [0.25, 0.3) is 11.1 Å². The zero-order chi connectivity index (χ0) is 20.3. The van der Waals surface area contributed by atoms with Crippen molar-refractivity contribution in [2.75, 3.05) is 0 Å². The third-order valence-corrected chi connectivity index (χ3v) is 6.28. The van der Waals surface area contributed by atoms with Gasteiger partial charge in [0, 0.05) is 11.1 Å². The summed E-state index contributed by atoms with van der Waals surface area (Å²) in [4.78, 5) is 5.75. The fourth-order valence-corrected chi connectivity index (χ4v) is 4.45. The van der Waals surface area contributed by atoms with Gasteiger partial charge >= 0.3 is 0 Å². The summed E-state index contributed by atoms with van der Waals surface area (Å²) in [5.41, 5.74) is 2.82. The lowest BCUT2D eigenvalue weighted by atomic mass is 10.1. The molecule has 7 heteroatoms. The Morgan fingerprint density at radius 3 is 2.27 bits per heavy atom. The highest BCUT2D eigenvalue weighted by Gasteiger charge is 2.22. The third kappa shape index (κ3) is 3.81. The van der Waals surface area contributed by atoms with E-state index in [1.165, 1.54) is 11.8 Å². The van der Waals surface area contributed by atoms with Gasteiger partial charge in [0.15, 0.2) is 5.76 Å². The van der Waals surface area contributed by atoms with Crippen molar-refractivity contribution in [3.63, 3.8) is 0 Å². The van der Waals surface area contributed by atoms with Crippen LogP contribution in [0.1, 0.15) is 18.1 Å². The van der Waals surface area contributed by atoms with Crippen LogP contribution in [0.5, 0.6) is 0 Å². The Labute approximate surface area is 181 Å². The van der Waals surface area contributed by atoms with Crippen LogP contribution >= 0.6 is 23.1 Å². The van der Waals surface area contributed by atoms with Crippen LogP contribution in [0.15, 0.2) is 92.2 Å². The minimum Gasteiger partial charge on any atom is -0.431 e. The molecule has 0 aliphatic rings. The topological polar surface area (TPSA) is 65.0 Å². The molecule has 1 atom stereocenters. The normalized spacial score (nSPS) is 12.2. The monoisotopic (exact) mass is 431 g/mol. The minimum atomic E-state index is -0.0999. The van der Waals surface area contributed by atoms with Crippen LogP contribution < -0.4 is 0 Å². The Morgan fingerprint density at radius 2 is 1.57 bits per heavy atom. The number of rotatable bonds is 6. The molecule has 1 unspecified atom stereocenters. The molecule has 0 aliphatic carbocycles. The highest BCUT2D eigenvalue weighted by molar-refractivity contribution is 7.99. The molecule has 0 saturated carbocycles. The van der Waals surface area contributed by atoms with Crippen molar-refractivity contribution in [2.45, 2.75) is 17.4 Å². The summed E-state index contributed by atoms with van der Waals surface area (Å²) in [7, 11) is 0. The summed E-state index contributed by atoms with van der Waals surface area (Å²) in [6.45, 7) is 2.00. The maximum Gasteiger partial charge on any atom is 0.257 e. The molecule has 3 heterocycles. The predicted octanol–water partition coefficient (Wildman–Crippen LogP) is 6.97. The minimum absolute atomic E-state index is 0.0999. The first-order chi connectivity index (χ1) is 14.8. The van der Waals surface area contributed by atoms with Crippen molar-refractivity contribution in [1.29, 1.82) is 0 Å². The Bertz CT molecular complexity index is 1180. The van der Waals surface area contributed by atoms with E-state index in [9.17, 15) is 0 Å². The summed E-state index contributed by atoms with van der Waals surface area (Å²) in [5, 5.41) is 10.8. The maximum atomic E-state index is 6.19. The fourth-order valence-electron chi connectivity index (χ4n) is 3.03. The summed E-state index contributed by atoms with van der Waals surface area (Å²) in [5.74, 6) is 1.83. The first kappa shape index (κ1) is 18.8. The molecular formula is C23H17N3O2S2. The number of benzene rings is 2. The average Bonchev–Trinajstić information content (AvgIpc) is 3.55. The van der Waals surface area contributed by atoms with Crippen molar-refractivity contribution in [1.82, 2.24) is 15.2 Å². The lowest BCUT2D eigenvalue weighted by molar-refractivity contribution is 0.461. The highest BCUT2D eigenvalue weighted by Crippen LogP contribution is 2.40. The van der Waals surface area contributed by atoms with E-state index in [1.54, 1.807) is 11.3 Å². The first-order valence-corrected chi connectivity index (χ1v) is 11.2. The van der Waals surface area contributed by atoms with Crippen LogP contribution in [0, 0.1) is 0 Å². The molecule has 0 saturated heterocycles. The van der Waals surface area contributed by atoms with Gasteiger partial charge in [0.05, 0.1) is 10.1 Å². The molecule has 148 valence electrons. The van der Waals surface area contributed by atoms with Gasteiger partial charge < -0.3 is 8.83 Å². The van der Waals surface area contributed by atoms with Gasteiger partial charge in [0.2, 0.25) is 5.89 Å². The van der Waals surface area contributed by atoms with Crippen molar-refractivity contribution in [3.8, 4) is 33.3 Å². The van der Waals surface area contributed by atoms with E-state index in [4.69, 9.17) is 13.8 Å². The number of hydrogen-bond acceptors (Lipinski definition) is 7. The van der Waals surface area contributed by atoms with Crippen molar-refractivity contribution in [3.05, 3.63) is 84.1 Å². The van der Waals surface area contributed by atoms with Crippen LogP contribution in [0.4, 0.5) is 0 Å². The molecule has 0 N–H and O–H groups in total. The Kier molecular flexibility index (Phi) is 5.21. The second-order valence-corrected chi connectivity index (χ2v) is 8.81. The van der Waals surface area contributed by atoms with Crippen LogP contribution in [0.2, 0.25) is 0 Å². The number of aromatic nitrogens is 3. The van der Waals surface area contributed by atoms with Crippen LogP contribution in [-0.4, -0.2) is 15.2 Å². The van der Waals surface area contributed by atoms with Gasteiger partial charge in [0.1, 0.15) is 5.69 Å². The van der Waals surface area contributed by atoms with Gasteiger partial charge in [-0.25, -0.2) is 4.98 Å². The second-order valence-electron chi connectivity index (χ2n) is 6.57.